The van der Waals surface area contributed by atoms with Crippen LogP contribution in [0.1, 0.15) is 40.0 Å². The number of aliphatic hydroxyl groups excluding tert-OH is 1. The van der Waals surface area contributed by atoms with Gasteiger partial charge in [-0.05, 0) is 43.5 Å². The third-order valence-corrected chi connectivity index (χ3v) is 6.65. The van der Waals surface area contributed by atoms with Crippen LogP contribution in [0.3, 0.4) is 0 Å². The van der Waals surface area contributed by atoms with Gasteiger partial charge in [0, 0.05) is 31.2 Å². The zero-order valence-electron chi connectivity index (χ0n) is 19.1. The molecule has 36 heavy (non-hydrogen) atoms. The number of H-pyrrole nitrogens is 1. The van der Waals surface area contributed by atoms with Crippen LogP contribution in [0.15, 0.2) is 23.0 Å². The number of β-amino-alcohol motifs (C(OH)–C–C–N with tert-alkyl or cyclic N) is 1. The maximum Gasteiger partial charge on any atom is 0.432 e. The highest BCUT2D eigenvalue weighted by molar-refractivity contribution is 6.36. The summed E-state index contributed by atoms with van der Waals surface area (Å²) in [7, 11) is 0. The molecule has 1 aromatic heterocycles. The van der Waals surface area contributed by atoms with Gasteiger partial charge < -0.3 is 25.0 Å². The van der Waals surface area contributed by atoms with Gasteiger partial charge in [-0.25, -0.2) is 0 Å². The van der Waals surface area contributed by atoms with Gasteiger partial charge in [0.1, 0.15) is 29.2 Å². The molecule has 3 N–H and O–H groups in total. The Balaban J connectivity index is 1.52. The number of carbonyl (C=O) groups is 1. The Morgan fingerprint density at radius 2 is 2.03 bits per heavy atom. The number of halogens is 5. The lowest BCUT2D eigenvalue weighted by molar-refractivity contribution is -0.141. The zero-order chi connectivity index (χ0) is 26.6. The summed E-state index contributed by atoms with van der Waals surface area (Å²) in [5.74, 6) is -0.629. The minimum Gasteiger partial charge on any atom is -0.489 e. The van der Waals surface area contributed by atoms with Crippen LogP contribution in [0.5, 0.6) is 5.75 Å². The number of nitrogens with one attached hydrogen (secondary N) is 2. The molecule has 0 aliphatic carbocycles. The van der Waals surface area contributed by atoms with Gasteiger partial charge in [0.15, 0.2) is 0 Å². The predicted octanol–water partition coefficient (Wildman–Crippen LogP) is 3.51. The van der Waals surface area contributed by atoms with Gasteiger partial charge in [0.25, 0.3) is 11.5 Å². The lowest BCUT2D eigenvalue weighted by Gasteiger charge is -2.33. The lowest BCUT2D eigenvalue weighted by Crippen LogP contribution is -2.45. The Morgan fingerprint density at radius 1 is 1.36 bits per heavy atom. The molecule has 0 saturated carbocycles. The standard InChI is InChI=1S/C23H23Cl2F3N4O4/c1-12-17(24)2-3-18(19(12)25)36-15-4-6-32(7-5-15)11-14(33)10-30-22(35)16-8-13(9-29)21(34)31-20(16)23(26,27)28/h2-3,8,14-15,33H,4-7,10-11H2,1H3,(H,30,35)(H,31,34). The van der Waals surface area contributed by atoms with Crippen LogP contribution in [-0.2, 0) is 6.18 Å². The molecule has 2 heterocycles. The molecule has 1 aromatic carbocycles. The van der Waals surface area contributed by atoms with Gasteiger partial charge in [-0.15, -0.1) is 0 Å². The van der Waals surface area contributed by atoms with Crippen LogP contribution >= 0.6 is 23.2 Å². The molecule has 13 heteroatoms. The van der Waals surface area contributed by atoms with E-state index in [0.717, 1.165) is 5.56 Å². The zero-order valence-corrected chi connectivity index (χ0v) is 20.6. The van der Waals surface area contributed by atoms with Crippen molar-refractivity contribution in [3.8, 4) is 11.8 Å². The van der Waals surface area contributed by atoms with E-state index in [1.54, 1.807) is 19.1 Å². The maximum absolute atomic E-state index is 13.2. The second kappa shape index (κ2) is 11.5. The summed E-state index contributed by atoms with van der Waals surface area (Å²) in [5.41, 5.74) is -3.61. The van der Waals surface area contributed by atoms with E-state index in [-0.39, 0.29) is 19.2 Å². The van der Waals surface area contributed by atoms with Gasteiger partial charge in [0.05, 0.1) is 16.7 Å². The fourth-order valence-corrected chi connectivity index (χ4v) is 4.22. The minimum atomic E-state index is -5.01. The summed E-state index contributed by atoms with van der Waals surface area (Å²) in [4.78, 5) is 27.4. The average Bonchev–Trinajstić information content (AvgIpc) is 2.83. The molecule has 0 spiro atoms. The molecule has 1 aliphatic rings. The molecule has 3 rings (SSSR count). The summed E-state index contributed by atoms with van der Waals surface area (Å²) in [6.07, 6.45) is -4.86. The topological polar surface area (TPSA) is 118 Å². The van der Waals surface area contributed by atoms with E-state index in [0.29, 0.717) is 47.8 Å². The van der Waals surface area contributed by atoms with E-state index in [4.69, 9.17) is 33.2 Å². The number of carbonyl (C=O) groups excluding carboxylic acids is 1. The fraction of sp³-hybridized carbons (Fsp3) is 0.435. The third-order valence-electron chi connectivity index (χ3n) is 5.77. The van der Waals surface area contributed by atoms with Gasteiger partial charge in [0.2, 0.25) is 0 Å². The minimum absolute atomic E-state index is 0.0912. The summed E-state index contributed by atoms with van der Waals surface area (Å²) in [5, 5.41) is 22.5. The van der Waals surface area contributed by atoms with E-state index in [1.165, 1.54) is 11.1 Å². The van der Waals surface area contributed by atoms with Crippen molar-refractivity contribution in [2.45, 2.75) is 38.1 Å². The van der Waals surface area contributed by atoms with Crippen LogP contribution in [0.25, 0.3) is 0 Å². The van der Waals surface area contributed by atoms with Crippen molar-refractivity contribution >= 4 is 29.1 Å². The number of hydrogen-bond acceptors (Lipinski definition) is 6. The largest absolute Gasteiger partial charge is 0.489 e. The molecule has 8 nitrogen and oxygen atoms in total. The Morgan fingerprint density at radius 3 is 2.64 bits per heavy atom. The number of benzene rings is 1. The van der Waals surface area contributed by atoms with Crippen LogP contribution < -0.4 is 15.6 Å². The first-order valence-electron chi connectivity index (χ1n) is 10.9. The van der Waals surface area contributed by atoms with Crippen molar-refractivity contribution in [3.63, 3.8) is 0 Å². The number of hydrogen-bond donors (Lipinski definition) is 3. The highest BCUT2D eigenvalue weighted by Crippen LogP contribution is 2.34. The number of aromatic amines is 1. The van der Waals surface area contributed by atoms with Crippen molar-refractivity contribution in [3.05, 3.63) is 61.0 Å². The number of nitrogens with zero attached hydrogens (tertiary/aromatic N) is 2. The third kappa shape index (κ3) is 6.70. The van der Waals surface area contributed by atoms with E-state index >= 15 is 0 Å². The normalized spacial score (nSPS) is 15.8. The summed E-state index contributed by atoms with van der Waals surface area (Å²) in [6.45, 7) is 2.82. The first-order chi connectivity index (χ1) is 16.9. The quantitative estimate of drug-likeness (QED) is 0.489. The van der Waals surface area contributed by atoms with Crippen molar-refractivity contribution < 1.29 is 27.8 Å². The SMILES string of the molecule is Cc1c(Cl)ccc(OC2CCN(CC(O)CNC(=O)c3cc(C#N)c(=O)[nH]c3C(F)(F)F)CC2)c1Cl. The number of aliphatic hydroxyl groups is 1. The Labute approximate surface area is 214 Å². The first-order valence-corrected chi connectivity index (χ1v) is 11.7. The Bertz CT molecular complexity index is 1220. The number of amides is 1. The smallest absolute Gasteiger partial charge is 0.432 e. The summed E-state index contributed by atoms with van der Waals surface area (Å²) in [6, 6.07) is 5.45. The molecule has 1 amide bonds. The molecule has 194 valence electrons. The average molecular weight is 547 g/mol. The van der Waals surface area contributed by atoms with E-state index < -0.39 is 40.6 Å². The maximum atomic E-state index is 13.2. The number of alkyl halides is 3. The molecule has 1 saturated heterocycles. The van der Waals surface area contributed by atoms with Crippen LogP contribution in [-0.4, -0.2) is 59.3 Å². The van der Waals surface area contributed by atoms with Crippen molar-refractivity contribution in [1.82, 2.24) is 15.2 Å². The molecular weight excluding hydrogens is 524 g/mol. The summed E-state index contributed by atoms with van der Waals surface area (Å²) < 4.78 is 45.7. The van der Waals surface area contributed by atoms with E-state index in [9.17, 15) is 27.9 Å². The Kier molecular flexibility index (Phi) is 8.89. The molecule has 0 bridgehead atoms. The number of ether oxygens (including phenoxy) is 1. The molecule has 2 aromatic rings. The molecular formula is C23H23Cl2F3N4O4. The number of nitriles is 1. The number of pyridine rings is 1. The Hall–Kier alpha value is -2.78. The highest BCUT2D eigenvalue weighted by Gasteiger charge is 2.37. The van der Waals surface area contributed by atoms with Crippen LogP contribution in [0, 0.1) is 18.3 Å². The van der Waals surface area contributed by atoms with E-state index in [2.05, 4.69) is 5.32 Å². The second-order valence-corrected chi connectivity index (χ2v) is 9.16. The first kappa shape index (κ1) is 27.8. The van der Waals surface area contributed by atoms with Crippen molar-refractivity contribution in [2.75, 3.05) is 26.2 Å². The van der Waals surface area contributed by atoms with Crippen molar-refractivity contribution in [2.24, 2.45) is 0 Å². The molecule has 0 radical (unpaired) electrons. The highest BCUT2D eigenvalue weighted by atomic mass is 35.5. The number of rotatable bonds is 7. The fourth-order valence-electron chi connectivity index (χ4n) is 3.80. The van der Waals surface area contributed by atoms with Gasteiger partial charge in [-0.1, -0.05) is 23.2 Å². The molecule has 1 unspecified atom stereocenters. The van der Waals surface area contributed by atoms with Crippen LogP contribution in [0.4, 0.5) is 13.2 Å². The van der Waals surface area contributed by atoms with Gasteiger partial charge in [-0.2, -0.15) is 18.4 Å². The van der Waals surface area contributed by atoms with E-state index in [1.807, 2.05) is 4.90 Å². The molecule has 1 aliphatic heterocycles. The number of likely N-dealkylation sites (tertiary alicyclic amines) is 1. The van der Waals surface area contributed by atoms with Gasteiger partial charge in [-0.3, -0.25) is 9.59 Å². The molecule has 1 fully saturated rings. The lowest BCUT2D eigenvalue weighted by atomic mass is 10.1. The monoisotopic (exact) mass is 546 g/mol. The van der Waals surface area contributed by atoms with Crippen molar-refractivity contribution in [1.29, 1.82) is 5.26 Å². The number of piperidine rings is 1. The predicted molar refractivity (Wildman–Crippen MR) is 126 cm³/mol. The second-order valence-electron chi connectivity index (χ2n) is 8.38. The summed E-state index contributed by atoms with van der Waals surface area (Å²) >= 11 is 12.3. The van der Waals surface area contributed by atoms with Crippen LogP contribution in [0.2, 0.25) is 10.0 Å². The van der Waals surface area contributed by atoms with Gasteiger partial charge >= 0.3 is 6.18 Å². The number of aromatic nitrogens is 1. The molecule has 1 atom stereocenters.